The largest absolute Gasteiger partial charge is 0.241 e. The van der Waals surface area contributed by atoms with Gasteiger partial charge in [-0.1, -0.05) is 24.3 Å². The SMILES string of the molecule is Fc1ccc(-c2ccc(-n3cccn3)cc2)cc1. The lowest BCUT2D eigenvalue weighted by atomic mass is 10.1. The molecule has 0 fully saturated rings. The fourth-order valence-corrected chi connectivity index (χ4v) is 1.87. The molecule has 0 saturated carbocycles. The smallest absolute Gasteiger partial charge is 0.123 e. The van der Waals surface area contributed by atoms with Crippen molar-refractivity contribution >= 4 is 0 Å². The van der Waals surface area contributed by atoms with E-state index in [1.165, 1.54) is 12.1 Å². The van der Waals surface area contributed by atoms with Gasteiger partial charge >= 0.3 is 0 Å². The molecule has 2 aromatic carbocycles. The molecule has 3 aromatic rings. The Kier molecular flexibility index (Phi) is 2.65. The van der Waals surface area contributed by atoms with Gasteiger partial charge in [-0.3, -0.25) is 0 Å². The zero-order valence-electron chi connectivity index (χ0n) is 9.62. The molecule has 0 aliphatic carbocycles. The summed E-state index contributed by atoms with van der Waals surface area (Å²) in [5.41, 5.74) is 3.07. The Balaban J connectivity index is 1.94. The molecular formula is C15H11FN2. The Bertz CT molecular complexity index is 625. The topological polar surface area (TPSA) is 17.8 Å². The van der Waals surface area contributed by atoms with Crippen LogP contribution < -0.4 is 0 Å². The van der Waals surface area contributed by atoms with Crippen LogP contribution in [-0.2, 0) is 0 Å². The minimum atomic E-state index is -0.216. The average Bonchev–Trinajstić information content (AvgIpc) is 2.94. The first-order valence-corrected chi connectivity index (χ1v) is 5.69. The second-order valence-electron chi connectivity index (χ2n) is 4.00. The Morgan fingerprint density at radius 1 is 0.833 bits per heavy atom. The Labute approximate surface area is 104 Å². The molecule has 3 rings (SSSR count). The van der Waals surface area contributed by atoms with Crippen LogP contribution in [-0.4, -0.2) is 9.78 Å². The minimum Gasteiger partial charge on any atom is -0.241 e. The van der Waals surface area contributed by atoms with E-state index in [0.717, 1.165) is 16.8 Å². The lowest BCUT2D eigenvalue weighted by Crippen LogP contribution is -1.93. The first-order valence-electron chi connectivity index (χ1n) is 5.69. The summed E-state index contributed by atoms with van der Waals surface area (Å²) in [7, 11) is 0. The third-order valence-electron chi connectivity index (χ3n) is 2.81. The van der Waals surface area contributed by atoms with E-state index in [0.29, 0.717) is 0 Å². The van der Waals surface area contributed by atoms with Crippen molar-refractivity contribution in [2.45, 2.75) is 0 Å². The molecule has 0 spiro atoms. The summed E-state index contributed by atoms with van der Waals surface area (Å²) in [4.78, 5) is 0. The van der Waals surface area contributed by atoms with Crippen LogP contribution in [0.4, 0.5) is 4.39 Å². The minimum absolute atomic E-state index is 0.216. The molecule has 88 valence electrons. The van der Waals surface area contributed by atoms with Crippen molar-refractivity contribution in [2.75, 3.05) is 0 Å². The first-order chi connectivity index (χ1) is 8.83. The Morgan fingerprint density at radius 2 is 1.44 bits per heavy atom. The molecule has 3 heteroatoms. The van der Waals surface area contributed by atoms with Gasteiger partial charge in [-0.15, -0.1) is 0 Å². The van der Waals surface area contributed by atoms with Crippen molar-refractivity contribution in [3.8, 4) is 16.8 Å². The molecule has 18 heavy (non-hydrogen) atoms. The van der Waals surface area contributed by atoms with E-state index in [-0.39, 0.29) is 5.82 Å². The van der Waals surface area contributed by atoms with Crippen LogP contribution in [0, 0.1) is 5.82 Å². The molecule has 0 saturated heterocycles. The lowest BCUT2D eigenvalue weighted by Gasteiger charge is -2.04. The van der Waals surface area contributed by atoms with Gasteiger partial charge < -0.3 is 0 Å². The highest BCUT2D eigenvalue weighted by molar-refractivity contribution is 5.64. The average molecular weight is 238 g/mol. The molecule has 2 nitrogen and oxygen atoms in total. The van der Waals surface area contributed by atoms with Crippen LogP contribution in [0.1, 0.15) is 0 Å². The molecule has 0 unspecified atom stereocenters. The number of hydrogen-bond donors (Lipinski definition) is 0. The van der Waals surface area contributed by atoms with Crippen LogP contribution in [0.5, 0.6) is 0 Å². The number of rotatable bonds is 2. The van der Waals surface area contributed by atoms with Crippen molar-refractivity contribution < 1.29 is 4.39 Å². The molecule has 0 N–H and O–H groups in total. The highest BCUT2D eigenvalue weighted by Gasteiger charge is 2.00. The predicted molar refractivity (Wildman–Crippen MR) is 69.0 cm³/mol. The van der Waals surface area contributed by atoms with Crippen LogP contribution in [0.25, 0.3) is 16.8 Å². The van der Waals surface area contributed by atoms with Crippen molar-refractivity contribution in [2.24, 2.45) is 0 Å². The molecular weight excluding hydrogens is 227 g/mol. The number of benzene rings is 2. The number of hydrogen-bond acceptors (Lipinski definition) is 1. The Morgan fingerprint density at radius 3 is 2.00 bits per heavy atom. The summed E-state index contributed by atoms with van der Waals surface area (Å²) < 4.78 is 14.6. The van der Waals surface area contributed by atoms with Gasteiger partial charge in [0.2, 0.25) is 0 Å². The van der Waals surface area contributed by atoms with Crippen molar-refractivity contribution in [3.63, 3.8) is 0 Å². The van der Waals surface area contributed by atoms with Crippen molar-refractivity contribution in [1.82, 2.24) is 9.78 Å². The summed E-state index contributed by atoms with van der Waals surface area (Å²) in [5, 5.41) is 4.17. The third-order valence-corrected chi connectivity index (χ3v) is 2.81. The molecule has 0 radical (unpaired) electrons. The van der Waals surface area contributed by atoms with Crippen LogP contribution in [0.3, 0.4) is 0 Å². The van der Waals surface area contributed by atoms with Crippen molar-refractivity contribution in [3.05, 3.63) is 72.8 Å². The number of nitrogens with zero attached hydrogens (tertiary/aromatic N) is 2. The van der Waals surface area contributed by atoms with Gasteiger partial charge in [0.25, 0.3) is 0 Å². The lowest BCUT2D eigenvalue weighted by molar-refractivity contribution is 0.628. The molecule has 1 aromatic heterocycles. The van der Waals surface area contributed by atoms with E-state index in [2.05, 4.69) is 5.10 Å². The molecule has 0 aliphatic heterocycles. The van der Waals surface area contributed by atoms with E-state index in [9.17, 15) is 4.39 Å². The highest BCUT2D eigenvalue weighted by atomic mass is 19.1. The zero-order chi connectivity index (χ0) is 12.4. The summed E-state index contributed by atoms with van der Waals surface area (Å²) in [5.74, 6) is -0.216. The Hall–Kier alpha value is -2.42. The summed E-state index contributed by atoms with van der Waals surface area (Å²) in [6.07, 6.45) is 3.64. The third kappa shape index (κ3) is 2.02. The van der Waals surface area contributed by atoms with E-state index in [4.69, 9.17) is 0 Å². The quantitative estimate of drug-likeness (QED) is 0.666. The number of halogens is 1. The molecule has 0 bridgehead atoms. The fraction of sp³-hybridized carbons (Fsp3) is 0. The zero-order valence-corrected chi connectivity index (χ0v) is 9.62. The second-order valence-corrected chi connectivity index (χ2v) is 4.00. The van der Waals surface area contributed by atoms with Gasteiger partial charge in [0.15, 0.2) is 0 Å². The normalized spacial score (nSPS) is 10.5. The first kappa shape index (κ1) is 10.7. The number of aromatic nitrogens is 2. The van der Waals surface area contributed by atoms with Gasteiger partial charge in [0, 0.05) is 12.4 Å². The van der Waals surface area contributed by atoms with Crippen LogP contribution in [0.2, 0.25) is 0 Å². The van der Waals surface area contributed by atoms with E-state index in [1.54, 1.807) is 23.0 Å². The summed E-state index contributed by atoms with van der Waals surface area (Å²) >= 11 is 0. The highest BCUT2D eigenvalue weighted by Crippen LogP contribution is 2.21. The van der Waals surface area contributed by atoms with Gasteiger partial charge in [0.1, 0.15) is 5.82 Å². The standard InChI is InChI=1S/C15H11FN2/c16-14-6-2-12(3-7-14)13-4-8-15(9-5-13)18-11-1-10-17-18/h1-11H. The molecule has 1 heterocycles. The van der Waals surface area contributed by atoms with E-state index in [1.807, 2.05) is 36.5 Å². The summed E-state index contributed by atoms with van der Waals surface area (Å²) in [6.45, 7) is 0. The maximum atomic E-state index is 12.8. The molecule has 0 atom stereocenters. The van der Waals surface area contributed by atoms with Crippen LogP contribution >= 0.6 is 0 Å². The van der Waals surface area contributed by atoms with Gasteiger partial charge in [-0.05, 0) is 41.5 Å². The maximum absolute atomic E-state index is 12.8. The fourth-order valence-electron chi connectivity index (χ4n) is 1.87. The maximum Gasteiger partial charge on any atom is 0.123 e. The van der Waals surface area contributed by atoms with E-state index < -0.39 is 0 Å². The van der Waals surface area contributed by atoms with Gasteiger partial charge in [0.05, 0.1) is 5.69 Å². The molecule has 0 amide bonds. The van der Waals surface area contributed by atoms with Gasteiger partial charge in [-0.25, -0.2) is 9.07 Å². The van der Waals surface area contributed by atoms with Crippen LogP contribution in [0.15, 0.2) is 67.0 Å². The van der Waals surface area contributed by atoms with Gasteiger partial charge in [-0.2, -0.15) is 5.10 Å². The monoisotopic (exact) mass is 238 g/mol. The van der Waals surface area contributed by atoms with E-state index >= 15 is 0 Å². The predicted octanol–water partition coefficient (Wildman–Crippen LogP) is 3.68. The summed E-state index contributed by atoms with van der Waals surface area (Å²) in [6, 6.07) is 16.4. The second kappa shape index (κ2) is 4.45. The van der Waals surface area contributed by atoms with Crippen molar-refractivity contribution in [1.29, 1.82) is 0 Å². The molecule has 0 aliphatic rings.